The molecule has 4 aliphatic heterocycles. The third kappa shape index (κ3) is 18.2. The number of hydrogen-bond acceptors (Lipinski definition) is 18. The molecule has 0 aromatic heterocycles. The summed E-state index contributed by atoms with van der Waals surface area (Å²) in [4.78, 5) is 151. The number of fused-ring (bicyclic) bond motifs is 5. The van der Waals surface area contributed by atoms with Crippen LogP contribution in [0.2, 0.25) is 5.02 Å². The van der Waals surface area contributed by atoms with E-state index in [1.165, 1.54) is 40.0 Å². The summed E-state index contributed by atoms with van der Waals surface area (Å²) < 4.78 is 74.6. The third-order valence-electron chi connectivity index (χ3n) is 16.4. The number of primary amides is 1. The number of amides is 10. The predicted octanol–water partition coefficient (Wildman–Crippen LogP) is 5.03. The molecule has 31 heteroatoms. The number of nitrogens with one attached hydrogen (secondary N) is 5. The molecule has 2 aromatic rings. The van der Waals surface area contributed by atoms with E-state index in [-0.39, 0.29) is 80.8 Å². The van der Waals surface area contributed by atoms with E-state index in [4.69, 9.17) is 45.9 Å². The zero-order valence-electron chi connectivity index (χ0n) is 52.6. The molecule has 27 nitrogen and oxygen atoms in total. The number of rotatable bonds is 22. The van der Waals surface area contributed by atoms with Crippen LogP contribution in [0.15, 0.2) is 54.1 Å². The summed E-state index contributed by atoms with van der Waals surface area (Å²) in [6.07, 6.45) is -6.96. The molecule has 0 aliphatic carbocycles. The number of epoxide rings is 1. The molecule has 3 fully saturated rings. The van der Waals surface area contributed by atoms with Gasteiger partial charge in [-0.15, -0.1) is 5.06 Å². The molecule has 10 atom stereocenters. The van der Waals surface area contributed by atoms with Crippen LogP contribution >= 0.6 is 11.6 Å². The fourth-order valence-corrected chi connectivity index (χ4v) is 11.1. The SMILES string of the molecule is COc1cc2cc(c1Cl)N(C)C(=O)C[C@H](OC(=O)[C@H](C)N(C)C(=O)c1ccc(NC(=O)[C@H](CCCNC(N)=O)NC(=O)[C@@H](NC(=O)CCCCC(=O)ON3C(=O)CCC3=O)C(C)C)cc1C(F)(F)F)[C@]1(C)O[C@H]1[C@H](C)[C@@H]1C[C@@](O)(NC(=O)O1)[C@H](OC)/C=C/C=C(\C)C2. The summed E-state index contributed by atoms with van der Waals surface area (Å²) in [5.41, 5.74) is 0.325. The molecule has 4 bridgehead atoms. The van der Waals surface area contributed by atoms with Crippen molar-refractivity contribution in [3.05, 3.63) is 75.8 Å². The average Bonchev–Trinajstić information content (AvgIpc) is 1.56. The summed E-state index contributed by atoms with van der Waals surface area (Å²) in [5.74, 6) is -9.04. The standard InChI is InChI=1S/C61H79ClF3N9O18/c1-31(2)51(70-45(75)18-11-12-19-49(79)92-74-46(76)22-23-47(74)77)54(81)69-39(16-14-24-67-57(66)84)53(80)68-36-20-21-37(38(28-36)61(63,64)65)55(82)72(7)34(5)56(83)90-44-29-48(78)73(8)40-26-35(27-41(87-9)50(40)62)25-32(3)15-13-17-43(88-10)60(86)30-42(89-58(85)71-60)33(4)52-59(44,6)91-52/h13,15,17,20-21,26-28,31,33-34,39,42-44,51-52,86H,11-12,14,16,18-19,22-25,29-30H2,1-10H3,(H,68,80)(H,69,81)(H,70,75)(H,71,85)(H3,66,67,84)/b17-13+,32-15+/t33-,34+,39+,42+,43-,44+,51+,52+,59+,60+/m1/s1. The highest BCUT2D eigenvalue weighted by molar-refractivity contribution is 6.35. The highest BCUT2D eigenvalue weighted by Crippen LogP contribution is 2.49. The Morgan fingerprint density at radius 3 is 2.26 bits per heavy atom. The van der Waals surface area contributed by atoms with Crippen molar-refractivity contribution in [1.82, 2.24) is 31.2 Å². The second-order valence-electron chi connectivity index (χ2n) is 23.6. The molecule has 0 spiro atoms. The van der Waals surface area contributed by atoms with Crippen molar-refractivity contribution in [3.63, 3.8) is 0 Å². The first-order chi connectivity index (χ1) is 43.1. The minimum absolute atomic E-state index is 0.00221. The van der Waals surface area contributed by atoms with Crippen LogP contribution in [0.25, 0.3) is 0 Å². The van der Waals surface area contributed by atoms with E-state index in [1.807, 2.05) is 6.92 Å². The van der Waals surface area contributed by atoms with Crippen molar-refractivity contribution in [2.75, 3.05) is 45.1 Å². The Hall–Kier alpha value is -8.35. The summed E-state index contributed by atoms with van der Waals surface area (Å²) in [6, 6.07) is 0.221. The van der Waals surface area contributed by atoms with Gasteiger partial charge >= 0.3 is 30.2 Å². The predicted molar refractivity (Wildman–Crippen MR) is 322 cm³/mol. The van der Waals surface area contributed by atoms with Crippen LogP contribution in [0, 0.1) is 11.8 Å². The lowest BCUT2D eigenvalue weighted by Gasteiger charge is -2.42. The summed E-state index contributed by atoms with van der Waals surface area (Å²) in [7, 11) is 5.22. The van der Waals surface area contributed by atoms with Gasteiger partial charge in [0, 0.05) is 71.5 Å². The minimum Gasteiger partial charge on any atom is -0.495 e. The number of imide groups is 1. The number of hydrogen-bond donors (Lipinski definition) is 7. The van der Waals surface area contributed by atoms with E-state index in [0.717, 1.165) is 24.8 Å². The fraction of sp³-hybridized carbons (Fsp3) is 0.557. The Morgan fingerprint density at radius 1 is 0.957 bits per heavy atom. The number of anilines is 2. The number of nitrogens with zero attached hydrogens (tertiary/aromatic N) is 3. The molecule has 0 saturated carbocycles. The molecule has 4 aliphatic rings. The van der Waals surface area contributed by atoms with Crippen molar-refractivity contribution >= 4 is 88.4 Å². The average molecular weight is 1320 g/mol. The van der Waals surface area contributed by atoms with Gasteiger partial charge in [0.1, 0.15) is 52.8 Å². The van der Waals surface area contributed by atoms with Gasteiger partial charge in [-0.05, 0) is 94.7 Å². The molecule has 2 aromatic carbocycles. The second-order valence-corrected chi connectivity index (χ2v) is 24.0. The van der Waals surface area contributed by atoms with Crippen LogP contribution in [0.3, 0.4) is 0 Å². The molecule has 0 radical (unpaired) electrons. The number of benzene rings is 2. The fourth-order valence-electron chi connectivity index (χ4n) is 10.8. The van der Waals surface area contributed by atoms with Crippen molar-refractivity contribution in [3.8, 4) is 5.75 Å². The van der Waals surface area contributed by atoms with Crippen molar-refractivity contribution < 1.29 is 99.5 Å². The number of likely N-dealkylation sites (N-methyl/N-ethyl adjacent to an activating group) is 1. The van der Waals surface area contributed by atoms with Crippen molar-refractivity contribution in [1.29, 1.82) is 0 Å². The number of ether oxygens (including phenoxy) is 5. The molecule has 8 N–H and O–H groups in total. The van der Waals surface area contributed by atoms with Gasteiger partial charge in [0.15, 0.2) is 5.72 Å². The number of esters is 1. The van der Waals surface area contributed by atoms with Gasteiger partial charge in [-0.1, -0.05) is 56.2 Å². The van der Waals surface area contributed by atoms with Crippen LogP contribution < -0.4 is 42.0 Å². The molecular weight excluding hydrogens is 1240 g/mol. The number of alkyl halides is 3. The van der Waals surface area contributed by atoms with Crippen LogP contribution in [0.1, 0.15) is 127 Å². The first-order valence-electron chi connectivity index (χ1n) is 29.7. The van der Waals surface area contributed by atoms with Crippen LogP contribution in [-0.2, 0) is 74.7 Å². The van der Waals surface area contributed by atoms with Gasteiger partial charge in [0.25, 0.3) is 17.7 Å². The lowest BCUT2D eigenvalue weighted by atomic mass is 9.83. The molecule has 504 valence electrons. The Kier molecular flexibility index (Phi) is 24.4. The maximum atomic E-state index is 15.1. The Balaban J connectivity index is 1.20. The van der Waals surface area contributed by atoms with Gasteiger partial charge in [-0.3, -0.25) is 38.9 Å². The normalized spacial score (nSPS) is 24.5. The number of carbonyl (C=O) groups excluding carboxylic acids is 11. The van der Waals surface area contributed by atoms with Crippen molar-refractivity contribution in [2.45, 2.75) is 172 Å². The van der Waals surface area contributed by atoms with Gasteiger partial charge in [-0.2, -0.15) is 13.2 Å². The number of alkyl carbamates (subject to hydrolysis) is 1. The summed E-state index contributed by atoms with van der Waals surface area (Å²) >= 11 is 6.81. The molecule has 92 heavy (non-hydrogen) atoms. The number of hydroxylamine groups is 2. The Morgan fingerprint density at radius 2 is 1.63 bits per heavy atom. The number of halogens is 4. The first-order valence-corrected chi connectivity index (χ1v) is 30.1. The lowest BCUT2D eigenvalue weighted by molar-refractivity contribution is -0.197. The van der Waals surface area contributed by atoms with Crippen LogP contribution in [0.4, 0.5) is 34.1 Å². The zero-order chi connectivity index (χ0) is 68.3. The minimum atomic E-state index is -5.27. The highest BCUT2D eigenvalue weighted by atomic mass is 35.5. The van der Waals surface area contributed by atoms with Crippen molar-refractivity contribution in [2.24, 2.45) is 17.6 Å². The first kappa shape index (κ1) is 72.7. The number of unbranched alkanes of at least 4 members (excludes halogenated alkanes) is 1. The molecule has 10 amide bonds. The number of aliphatic hydroxyl groups is 1. The zero-order valence-corrected chi connectivity index (χ0v) is 53.4. The maximum absolute atomic E-state index is 15.1. The third-order valence-corrected chi connectivity index (χ3v) is 16.8. The smallest absolute Gasteiger partial charge is 0.417 e. The molecule has 0 unspecified atom stereocenters. The van der Waals surface area contributed by atoms with E-state index >= 15 is 13.2 Å². The van der Waals surface area contributed by atoms with E-state index in [0.29, 0.717) is 28.0 Å². The molecule has 6 rings (SSSR count). The van der Waals surface area contributed by atoms with E-state index in [2.05, 4.69) is 26.6 Å². The second kappa shape index (κ2) is 30.8. The molecular formula is C61H79ClF3N9O18. The summed E-state index contributed by atoms with van der Waals surface area (Å²) in [6.45, 7) is 9.28. The van der Waals surface area contributed by atoms with Crippen LogP contribution in [0.5, 0.6) is 5.75 Å². The Bertz CT molecular complexity index is 3220. The van der Waals surface area contributed by atoms with Gasteiger partial charge in [-0.25, -0.2) is 19.2 Å². The largest absolute Gasteiger partial charge is 0.495 e. The van der Waals surface area contributed by atoms with Gasteiger partial charge in [0.05, 0.1) is 36.4 Å². The number of carbonyl (C=O) groups is 11. The Labute approximate surface area is 533 Å². The highest BCUT2D eigenvalue weighted by Gasteiger charge is 2.64. The van der Waals surface area contributed by atoms with E-state index < -0.39 is 161 Å². The molecule has 4 heterocycles. The van der Waals surface area contributed by atoms with Gasteiger partial charge < -0.3 is 70.4 Å². The molecule has 3 saturated heterocycles. The van der Waals surface area contributed by atoms with E-state index in [9.17, 15) is 57.8 Å². The quantitative estimate of drug-likeness (QED) is 0.0352. The van der Waals surface area contributed by atoms with Crippen LogP contribution in [-0.4, -0.2) is 169 Å². The monoisotopic (exact) mass is 1320 g/mol. The van der Waals surface area contributed by atoms with E-state index in [1.54, 1.807) is 51.1 Å². The summed E-state index contributed by atoms with van der Waals surface area (Å²) in [5, 5.41) is 24.6. The van der Waals surface area contributed by atoms with Gasteiger partial charge in [0.2, 0.25) is 23.6 Å². The number of allylic oxidation sites excluding steroid dienone is 3. The number of urea groups is 1. The topological polar surface area (TPSA) is 363 Å². The maximum Gasteiger partial charge on any atom is 0.417 e. The number of methoxy groups -OCH3 is 2. The number of nitrogens with two attached hydrogens (primary N) is 1. The lowest BCUT2D eigenvalue weighted by Crippen LogP contribution is -2.63.